The van der Waals surface area contributed by atoms with Crippen molar-refractivity contribution in [1.29, 1.82) is 0 Å². The number of aliphatic hydroxyl groups excluding tert-OH is 1. The lowest BCUT2D eigenvalue weighted by molar-refractivity contribution is -0.122. The average Bonchev–Trinajstić information content (AvgIpc) is 3.09. The zero-order valence-electron chi connectivity index (χ0n) is 34.3. The first-order valence-electron chi connectivity index (χ1n) is 22.7. The summed E-state index contributed by atoms with van der Waals surface area (Å²) in [5.74, 6) is -0.880. The van der Waals surface area contributed by atoms with Gasteiger partial charge in [-0.25, -0.2) is 0 Å². The van der Waals surface area contributed by atoms with Crippen LogP contribution in [0, 0.1) is 0 Å². The van der Waals surface area contributed by atoms with Crippen LogP contribution in [-0.2, 0) is 14.9 Å². The van der Waals surface area contributed by atoms with Crippen molar-refractivity contribution in [2.45, 2.75) is 270 Å². The molecule has 0 aliphatic heterocycles. The number of unbranched alkanes of at least 4 members (excludes halogenated alkanes) is 34. The van der Waals surface area contributed by atoms with Crippen molar-refractivity contribution in [2.24, 2.45) is 0 Å². The van der Waals surface area contributed by atoms with Crippen molar-refractivity contribution in [3.8, 4) is 0 Å². The third-order valence-electron chi connectivity index (χ3n) is 10.8. The van der Waals surface area contributed by atoms with Crippen molar-refractivity contribution in [3.63, 3.8) is 0 Å². The molecule has 0 spiro atoms. The number of hydrogen-bond donors (Lipinski definition) is 3. The Labute approximate surface area is 319 Å². The Morgan fingerprint density at radius 2 is 0.706 bits per heavy atom. The number of amides is 1. The first kappa shape index (κ1) is 50.3. The number of nitrogens with one attached hydrogen (secondary N) is 1. The summed E-state index contributed by atoms with van der Waals surface area (Å²) in [7, 11) is -4.31. The van der Waals surface area contributed by atoms with Crippen LogP contribution >= 0.6 is 0 Å². The molecule has 0 saturated carbocycles. The summed E-state index contributed by atoms with van der Waals surface area (Å²) in [5, 5.41) is 13.4. The molecule has 0 fully saturated rings. The first-order chi connectivity index (χ1) is 24.8. The fourth-order valence-electron chi connectivity index (χ4n) is 7.40. The molecule has 3 N–H and O–H groups in total. The van der Waals surface area contributed by atoms with Crippen LogP contribution in [-0.4, -0.2) is 41.9 Å². The minimum atomic E-state index is -4.31. The molecule has 7 heteroatoms. The fraction of sp³-hybridized carbons (Fsp3) is 0.977. The summed E-state index contributed by atoms with van der Waals surface area (Å²) in [6.07, 6.45) is 46.3. The molecule has 0 aliphatic carbocycles. The molecule has 1 amide bonds. The lowest BCUT2D eigenvalue weighted by Crippen LogP contribution is -2.47. The van der Waals surface area contributed by atoms with E-state index in [0.717, 1.165) is 38.5 Å². The predicted octanol–water partition coefficient (Wildman–Crippen LogP) is 13.6. The van der Waals surface area contributed by atoms with Crippen LogP contribution in [0.4, 0.5) is 0 Å². The maximum absolute atomic E-state index is 12.6. The molecule has 6 nitrogen and oxygen atoms in total. The smallest absolute Gasteiger partial charge is 0.266 e. The zero-order valence-corrected chi connectivity index (χ0v) is 35.1. The van der Waals surface area contributed by atoms with E-state index in [1.807, 2.05) is 0 Å². The van der Waals surface area contributed by atoms with Crippen LogP contribution < -0.4 is 5.32 Å². The number of hydrogen-bond acceptors (Lipinski definition) is 4. The molecule has 0 rings (SSSR count). The van der Waals surface area contributed by atoms with Gasteiger partial charge in [0.15, 0.2) is 0 Å². The van der Waals surface area contributed by atoms with Gasteiger partial charge in [0, 0.05) is 6.42 Å². The van der Waals surface area contributed by atoms with Gasteiger partial charge >= 0.3 is 0 Å². The normalized spacial score (nSPS) is 13.1. The Bertz CT molecular complexity index is 820. The molecular formula is C44H89NO5S. The highest BCUT2D eigenvalue weighted by atomic mass is 32.2. The quantitative estimate of drug-likeness (QED) is 0.0426. The summed E-state index contributed by atoms with van der Waals surface area (Å²) in [6, 6.07) is -0.964. The molecule has 0 radical (unpaired) electrons. The van der Waals surface area contributed by atoms with E-state index >= 15 is 0 Å². The number of aliphatic hydroxyl groups is 1. The molecule has 0 saturated heterocycles. The van der Waals surface area contributed by atoms with Gasteiger partial charge in [-0.05, 0) is 12.8 Å². The molecule has 0 aliphatic rings. The van der Waals surface area contributed by atoms with Gasteiger partial charge < -0.3 is 10.4 Å². The van der Waals surface area contributed by atoms with Crippen LogP contribution in [0.25, 0.3) is 0 Å². The van der Waals surface area contributed by atoms with Gasteiger partial charge in [-0.15, -0.1) is 0 Å². The Morgan fingerprint density at radius 1 is 0.451 bits per heavy atom. The lowest BCUT2D eigenvalue weighted by atomic mass is 10.0. The van der Waals surface area contributed by atoms with Crippen LogP contribution in [0.15, 0.2) is 0 Å². The number of carbonyl (C=O) groups excluding carboxylic acids is 1. The van der Waals surface area contributed by atoms with Crippen LogP contribution in [0.5, 0.6) is 0 Å². The van der Waals surface area contributed by atoms with Gasteiger partial charge in [0.1, 0.15) is 0 Å². The summed E-state index contributed by atoms with van der Waals surface area (Å²) >= 11 is 0. The van der Waals surface area contributed by atoms with Crippen LogP contribution in [0.3, 0.4) is 0 Å². The number of rotatable bonds is 42. The van der Waals surface area contributed by atoms with Gasteiger partial charge in [0.2, 0.25) is 5.91 Å². The van der Waals surface area contributed by atoms with Gasteiger partial charge in [0.25, 0.3) is 10.1 Å². The maximum Gasteiger partial charge on any atom is 0.266 e. The highest BCUT2D eigenvalue weighted by Gasteiger charge is 2.26. The average molecular weight is 744 g/mol. The van der Waals surface area contributed by atoms with Crippen molar-refractivity contribution >= 4 is 16.0 Å². The third-order valence-corrected chi connectivity index (χ3v) is 11.6. The molecular weight excluding hydrogens is 655 g/mol. The standard InChI is InChI=1S/C44H89NO5S/c1-3-5-7-9-11-13-15-17-19-21-23-25-27-29-31-33-35-37-39-43(46)42(41-51(48,49)50)45-44(47)40-38-36-34-32-30-28-26-24-22-20-18-16-14-12-10-8-6-4-2/h42-43,46H,3-41H2,1-2H3,(H,45,47)(H,48,49,50). The molecule has 0 bridgehead atoms. The van der Waals surface area contributed by atoms with Gasteiger partial charge in [-0.2, -0.15) is 8.42 Å². The van der Waals surface area contributed by atoms with E-state index in [-0.39, 0.29) is 5.91 Å². The number of carbonyl (C=O) groups is 1. The van der Waals surface area contributed by atoms with E-state index in [9.17, 15) is 22.9 Å². The molecule has 0 aromatic rings. The molecule has 0 aromatic heterocycles. The minimum Gasteiger partial charge on any atom is -0.391 e. The third kappa shape index (κ3) is 40.4. The highest BCUT2D eigenvalue weighted by molar-refractivity contribution is 7.85. The highest BCUT2D eigenvalue weighted by Crippen LogP contribution is 2.17. The van der Waals surface area contributed by atoms with Crippen LogP contribution in [0.2, 0.25) is 0 Å². The Kier molecular flexibility index (Phi) is 38.5. The fourth-order valence-corrected chi connectivity index (χ4v) is 8.16. The largest absolute Gasteiger partial charge is 0.391 e. The maximum atomic E-state index is 12.6. The molecule has 306 valence electrons. The second-order valence-corrected chi connectivity index (χ2v) is 17.5. The van der Waals surface area contributed by atoms with E-state index < -0.39 is 28.0 Å². The topological polar surface area (TPSA) is 104 Å². The van der Waals surface area contributed by atoms with Crippen molar-refractivity contribution in [1.82, 2.24) is 5.32 Å². The second-order valence-electron chi connectivity index (χ2n) is 16.0. The Morgan fingerprint density at radius 3 is 0.980 bits per heavy atom. The van der Waals surface area contributed by atoms with Crippen molar-refractivity contribution < 1.29 is 22.9 Å². The summed E-state index contributed by atoms with van der Waals surface area (Å²) in [5.41, 5.74) is 0. The van der Waals surface area contributed by atoms with E-state index in [0.29, 0.717) is 12.8 Å². The summed E-state index contributed by atoms with van der Waals surface area (Å²) in [4.78, 5) is 12.6. The van der Waals surface area contributed by atoms with Gasteiger partial charge in [0.05, 0.1) is 17.9 Å². The molecule has 0 heterocycles. The monoisotopic (exact) mass is 744 g/mol. The Hall–Kier alpha value is -0.660. The van der Waals surface area contributed by atoms with E-state index in [1.165, 1.54) is 193 Å². The molecule has 2 atom stereocenters. The summed E-state index contributed by atoms with van der Waals surface area (Å²) in [6.45, 7) is 4.55. The van der Waals surface area contributed by atoms with Crippen molar-refractivity contribution in [3.05, 3.63) is 0 Å². The van der Waals surface area contributed by atoms with Gasteiger partial charge in [-0.1, -0.05) is 239 Å². The second kappa shape index (κ2) is 39.0. The molecule has 51 heavy (non-hydrogen) atoms. The zero-order chi connectivity index (χ0) is 37.5. The minimum absolute atomic E-state index is 0.239. The van der Waals surface area contributed by atoms with E-state index in [4.69, 9.17) is 0 Å². The summed E-state index contributed by atoms with van der Waals surface area (Å²) < 4.78 is 32.6. The molecule has 2 unspecified atom stereocenters. The lowest BCUT2D eigenvalue weighted by Gasteiger charge is -2.23. The van der Waals surface area contributed by atoms with Crippen molar-refractivity contribution in [2.75, 3.05) is 5.75 Å². The predicted molar refractivity (Wildman–Crippen MR) is 221 cm³/mol. The first-order valence-corrected chi connectivity index (χ1v) is 24.3. The van der Waals surface area contributed by atoms with Gasteiger partial charge in [-0.3, -0.25) is 9.35 Å². The Balaban J connectivity index is 3.77. The molecule has 0 aromatic carbocycles. The SMILES string of the molecule is CCCCCCCCCCCCCCCCCCCCC(=O)NC(CS(=O)(=O)O)C(O)CCCCCCCCCCCCCCCCCCCC. The van der Waals surface area contributed by atoms with E-state index in [1.54, 1.807) is 0 Å². The van der Waals surface area contributed by atoms with Crippen LogP contribution in [0.1, 0.15) is 258 Å². The van der Waals surface area contributed by atoms with E-state index in [2.05, 4.69) is 19.2 Å².